The summed E-state index contributed by atoms with van der Waals surface area (Å²) >= 11 is 0. The lowest BCUT2D eigenvalue weighted by Gasteiger charge is -2.28. The molecule has 72 valence electrons. The standard InChI is InChI=1S/C10H22N2/c1-2-12-8-7-9-5-3-4-6-10(9)11/h9-10,12H,2-8,11H2,1H3. The van der Waals surface area contributed by atoms with Crippen molar-refractivity contribution in [2.24, 2.45) is 11.7 Å². The van der Waals surface area contributed by atoms with E-state index in [-0.39, 0.29) is 0 Å². The molecule has 1 aliphatic rings. The highest BCUT2D eigenvalue weighted by atomic mass is 14.8. The first kappa shape index (κ1) is 10.0. The maximum absolute atomic E-state index is 6.03. The Morgan fingerprint density at radius 3 is 2.75 bits per heavy atom. The molecular formula is C10H22N2. The van der Waals surface area contributed by atoms with E-state index in [2.05, 4.69) is 12.2 Å². The molecule has 1 saturated carbocycles. The zero-order chi connectivity index (χ0) is 8.81. The summed E-state index contributed by atoms with van der Waals surface area (Å²) in [5.74, 6) is 0.790. The molecule has 0 heterocycles. The van der Waals surface area contributed by atoms with E-state index in [1.807, 2.05) is 0 Å². The first-order chi connectivity index (χ1) is 5.84. The van der Waals surface area contributed by atoms with Gasteiger partial charge in [0.1, 0.15) is 0 Å². The van der Waals surface area contributed by atoms with Crippen LogP contribution in [0.1, 0.15) is 39.0 Å². The van der Waals surface area contributed by atoms with Crippen molar-refractivity contribution in [3.8, 4) is 0 Å². The molecule has 2 atom stereocenters. The number of rotatable bonds is 4. The molecule has 1 aliphatic carbocycles. The third-order valence-corrected chi connectivity index (χ3v) is 2.91. The Hall–Kier alpha value is -0.0800. The zero-order valence-corrected chi connectivity index (χ0v) is 8.18. The van der Waals surface area contributed by atoms with E-state index >= 15 is 0 Å². The van der Waals surface area contributed by atoms with Gasteiger partial charge in [0.25, 0.3) is 0 Å². The molecule has 0 amide bonds. The van der Waals surface area contributed by atoms with E-state index in [9.17, 15) is 0 Å². The predicted molar refractivity (Wildman–Crippen MR) is 53.1 cm³/mol. The minimum absolute atomic E-state index is 0.484. The van der Waals surface area contributed by atoms with E-state index in [1.54, 1.807) is 0 Å². The lowest BCUT2D eigenvalue weighted by molar-refractivity contribution is 0.289. The average molecular weight is 170 g/mol. The molecule has 0 aromatic rings. The summed E-state index contributed by atoms with van der Waals surface area (Å²) < 4.78 is 0. The van der Waals surface area contributed by atoms with E-state index in [4.69, 9.17) is 5.73 Å². The summed E-state index contributed by atoms with van der Waals surface area (Å²) in [6, 6.07) is 0.484. The summed E-state index contributed by atoms with van der Waals surface area (Å²) in [5.41, 5.74) is 6.03. The summed E-state index contributed by atoms with van der Waals surface area (Å²) in [6.07, 6.45) is 6.61. The first-order valence-corrected chi connectivity index (χ1v) is 5.31. The lowest BCUT2D eigenvalue weighted by Crippen LogP contribution is -2.34. The Morgan fingerprint density at radius 1 is 1.33 bits per heavy atom. The molecule has 1 rings (SSSR count). The smallest absolute Gasteiger partial charge is 0.00676 e. The number of hydrogen-bond donors (Lipinski definition) is 2. The van der Waals surface area contributed by atoms with Crippen LogP contribution in [0.3, 0.4) is 0 Å². The van der Waals surface area contributed by atoms with Crippen LogP contribution >= 0.6 is 0 Å². The van der Waals surface area contributed by atoms with Crippen LogP contribution < -0.4 is 11.1 Å². The number of nitrogens with one attached hydrogen (secondary N) is 1. The second kappa shape index (κ2) is 5.55. The van der Waals surface area contributed by atoms with Crippen molar-refractivity contribution in [2.45, 2.75) is 45.1 Å². The minimum Gasteiger partial charge on any atom is -0.327 e. The van der Waals surface area contributed by atoms with Crippen LogP contribution in [0.25, 0.3) is 0 Å². The molecule has 0 radical (unpaired) electrons. The quantitative estimate of drug-likeness (QED) is 0.628. The molecule has 0 bridgehead atoms. The van der Waals surface area contributed by atoms with Gasteiger partial charge >= 0.3 is 0 Å². The van der Waals surface area contributed by atoms with E-state index in [1.165, 1.54) is 32.1 Å². The second-order valence-corrected chi connectivity index (χ2v) is 3.85. The molecule has 0 aliphatic heterocycles. The molecule has 2 heteroatoms. The van der Waals surface area contributed by atoms with E-state index < -0.39 is 0 Å². The molecule has 0 spiro atoms. The molecule has 3 N–H and O–H groups in total. The van der Waals surface area contributed by atoms with Gasteiger partial charge in [0.2, 0.25) is 0 Å². The largest absolute Gasteiger partial charge is 0.327 e. The van der Waals surface area contributed by atoms with Gasteiger partial charge in [-0.2, -0.15) is 0 Å². The molecule has 1 fully saturated rings. The highest BCUT2D eigenvalue weighted by molar-refractivity contribution is 4.78. The van der Waals surface area contributed by atoms with Crippen LogP contribution in [0.4, 0.5) is 0 Å². The Bertz CT molecular complexity index is 114. The Morgan fingerprint density at radius 2 is 2.08 bits per heavy atom. The Kier molecular flexibility index (Phi) is 4.62. The van der Waals surface area contributed by atoms with Crippen LogP contribution in [0.2, 0.25) is 0 Å². The molecule has 0 aromatic carbocycles. The average Bonchev–Trinajstić information content (AvgIpc) is 2.09. The summed E-state index contributed by atoms with van der Waals surface area (Å²) in [4.78, 5) is 0. The van der Waals surface area contributed by atoms with Crippen LogP contribution in [0.5, 0.6) is 0 Å². The van der Waals surface area contributed by atoms with Gasteiger partial charge in [0.05, 0.1) is 0 Å². The SMILES string of the molecule is CCNCCC1CCCCC1N. The minimum atomic E-state index is 0.484. The van der Waals surface area contributed by atoms with Gasteiger partial charge in [0.15, 0.2) is 0 Å². The number of hydrogen-bond acceptors (Lipinski definition) is 2. The third kappa shape index (κ3) is 3.11. The first-order valence-electron chi connectivity index (χ1n) is 5.31. The molecule has 0 aromatic heterocycles. The summed E-state index contributed by atoms with van der Waals surface area (Å²) in [7, 11) is 0. The molecule has 0 saturated heterocycles. The maximum atomic E-state index is 6.03. The fourth-order valence-corrected chi connectivity index (χ4v) is 2.06. The summed E-state index contributed by atoms with van der Waals surface area (Å²) in [6.45, 7) is 4.39. The van der Waals surface area contributed by atoms with Gasteiger partial charge in [0, 0.05) is 6.04 Å². The normalized spacial score (nSPS) is 30.5. The molecule has 12 heavy (non-hydrogen) atoms. The second-order valence-electron chi connectivity index (χ2n) is 3.85. The lowest BCUT2D eigenvalue weighted by atomic mass is 9.83. The van der Waals surface area contributed by atoms with E-state index in [0.29, 0.717) is 6.04 Å². The highest BCUT2D eigenvalue weighted by Crippen LogP contribution is 2.24. The van der Waals surface area contributed by atoms with Gasteiger partial charge in [-0.3, -0.25) is 0 Å². The fraction of sp³-hybridized carbons (Fsp3) is 1.00. The van der Waals surface area contributed by atoms with Gasteiger partial charge in [-0.25, -0.2) is 0 Å². The topological polar surface area (TPSA) is 38.0 Å². The van der Waals surface area contributed by atoms with Crippen molar-refractivity contribution >= 4 is 0 Å². The van der Waals surface area contributed by atoms with Crippen molar-refractivity contribution in [3.63, 3.8) is 0 Å². The number of nitrogens with two attached hydrogens (primary N) is 1. The van der Waals surface area contributed by atoms with E-state index in [0.717, 1.165) is 19.0 Å². The Labute approximate surface area is 75.9 Å². The van der Waals surface area contributed by atoms with Crippen LogP contribution in [-0.4, -0.2) is 19.1 Å². The summed E-state index contributed by atoms with van der Waals surface area (Å²) in [5, 5.41) is 3.36. The fourth-order valence-electron chi connectivity index (χ4n) is 2.06. The van der Waals surface area contributed by atoms with Crippen molar-refractivity contribution in [1.82, 2.24) is 5.32 Å². The molecular weight excluding hydrogens is 148 g/mol. The molecule has 2 nitrogen and oxygen atoms in total. The van der Waals surface area contributed by atoms with Gasteiger partial charge in [-0.05, 0) is 38.3 Å². The van der Waals surface area contributed by atoms with Crippen molar-refractivity contribution in [2.75, 3.05) is 13.1 Å². The Balaban J connectivity index is 2.11. The van der Waals surface area contributed by atoms with Gasteiger partial charge in [-0.15, -0.1) is 0 Å². The maximum Gasteiger partial charge on any atom is 0.00676 e. The molecule has 2 unspecified atom stereocenters. The van der Waals surface area contributed by atoms with Gasteiger partial charge in [-0.1, -0.05) is 19.8 Å². The zero-order valence-electron chi connectivity index (χ0n) is 8.18. The van der Waals surface area contributed by atoms with Crippen LogP contribution in [0.15, 0.2) is 0 Å². The van der Waals surface area contributed by atoms with Crippen LogP contribution in [0, 0.1) is 5.92 Å². The van der Waals surface area contributed by atoms with Crippen molar-refractivity contribution < 1.29 is 0 Å². The van der Waals surface area contributed by atoms with Gasteiger partial charge < -0.3 is 11.1 Å². The third-order valence-electron chi connectivity index (χ3n) is 2.91. The van der Waals surface area contributed by atoms with Crippen LogP contribution in [-0.2, 0) is 0 Å². The van der Waals surface area contributed by atoms with Crippen molar-refractivity contribution in [3.05, 3.63) is 0 Å². The highest BCUT2D eigenvalue weighted by Gasteiger charge is 2.20. The predicted octanol–water partition coefficient (Wildman–Crippen LogP) is 1.50. The monoisotopic (exact) mass is 170 g/mol. The van der Waals surface area contributed by atoms with Crippen molar-refractivity contribution in [1.29, 1.82) is 0 Å².